The molecule has 146 valence electrons. The lowest BCUT2D eigenvalue weighted by Crippen LogP contribution is -2.31. The maximum Gasteiger partial charge on any atom is 0.252 e. The van der Waals surface area contributed by atoms with Crippen molar-refractivity contribution in [1.82, 2.24) is 20.4 Å². The first-order valence-electron chi connectivity index (χ1n) is 9.53. The summed E-state index contributed by atoms with van der Waals surface area (Å²) in [5.74, 6) is 1.71. The molecule has 0 aliphatic carbocycles. The first kappa shape index (κ1) is 19.4. The number of amides is 1. The van der Waals surface area contributed by atoms with Crippen molar-refractivity contribution in [3.05, 3.63) is 40.9 Å². The van der Waals surface area contributed by atoms with Crippen LogP contribution in [0.15, 0.2) is 22.9 Å². The van der Waals surface area contributed by atoms with Gasteiger partial charge in [-0.05, 0) is 59.3 Å². The molecule has 7 nitrogen and oxygen atoms in total. The molecule has 0 saturated carbocycles. The van der Waals surface area contributed by atoms with E-state index in [1.165, 1.54) is 0 Å². The Morgan fingerprint density at radius 2 is 2.19 bits per heavy atom. The van der Waals surface area contributed by atoms with Crippen LogP contribution in [0.2, 0.25) is 0 Å². The lowest BCUT2D eigenvalue weighted by atomic mass is 10.1. The van der Waals surface area contributed by atoms with Gasteiger partial charge >= 0.3 is 0 Å². The lowest BCUT2D eigenvalue weighted by Gasteiger charge is -2.21. The zero-order chi connectivity index (χ0) is 19.4. The van der Waals surface area contributed by atoms with E-state index < -0.39 is 0 Å². The van der Waals surface area contributed by atoms with E-state index in [2.05, 4.69) is 39.4 Å². The second kappa shape index (κ2) is 8.52. The molecule has 2 aromatic rings. The van der Waals surface area contributed by atoms with Gasteiger partial charge in [0.05, 0.1) is 11.3 Å². The summed E-state index contributed by atoms with van der Waals surface area (Å²) in [4.78, 5) is 21.3. The van der Waals surface area contributed by atoms with E-state index in [1.54, 1.807) is 6.20 Å². The molecule has 0 bridgehead atoms. The highest BCUT2D eigenvalue weighted by Crippen LogP contribution is 2.20. The quantitative estimate of drug-likeness (QED) is 0.752. The number of rotatable bonds is 7. The van der Waals surface area contributed by atoms with Crippen molar-refractivity contribution < 1.29 is 9.32 Å². The zero-order valence-electron chi connectivity index (χ0n) is 16.7. The zero-order valence-corrected chi connectivity index (χ0v) is 16.7. The number of carbonyl (C=O) groups is 1. The molecular weight excluding hydrogens is 342 g/mol. The van der Waals surface area contributed by atoms with Crippen LogP contribution in [0.25, 0.3) is 0 Å². The Morgan fingerprint density at radius 1 is 1.37 bits per heavy atom. The van der Waals surface area contributed by atoms with Crippen LogP contribution in [0.1, 0.15) is 40.2 Å². The van der Waals surface area contributed by atoms with Crippen LogP contribution in [-0.4, -0.2) is 60.7 Å². The summed E-state index contributed by atoms with van der Waals surface area (Å²) in [7, 11) is 4.22. The fraction of sp³-hybridized carbons (Fsp3) is 0.550. The predicted molar refractivity (Wildman–Crippen MR) is 105 cm³/mol. The molecule has 0 spiro atoms. The molecule has 3 heterocycles. The highest BCUT2D eigenvalue weighted by Gasteiger charge is 2.24. The van der Waals surface area contributed by atoms with Crippen LogP contribution in [-0.2, 0) is 6.42 Å². The average Bonchev–Trinajstić information content (AvgIpc) is 3.27. The third kappa shape index (κ3) is 4.66. The lowest BCUT2D eigenvalue weighted by molar-refractivity contribution is 0.0953. The van der Waals surface area contributed by atoms with Crippen molar-refractivity contribution in [1.29, 1.82) is 0 Å². The van der Waals surface area contributed by atoms with Gasteiger partial charge in [0, 0.05) is 37.4 Å². The van der Waals surface area contributed by atoms with Crippen LogP contribution in [0.3, 0.4) is 0 Å². The van der Waals surface area contributed by atoms with Gasteiger partial charge in [-0.3, -0.25) is 4.79 Å². The fourth-order valence-electron chi connectivity index (χ4n) is 3.51. The minimum Gasteiger partial charge on any atom is -0.361 e. The second-order valence-electron chi connectivity index (χ2n) is 7.42. The molecule has 1 aliphatic heterocycles. The number of hydrogen-bond acceptors (Lipinski definition) is 6. The van der Waals surface area contributed by atoms with Gasteiger partial charge < -0.3 is 19.6 Å². The van der Waals surface area contributed by atoms with Crippen LogP contribution in [0.5, 0.6) is 0 Å². The normalized spacial score (nSPS) is 16.9. The van der Waals surface area contributed by atoms with Gasteiger partial charge in [-0.25, -0.2) is 4.98 Å². The van der Waals surface area contributed by atoms with Gasteiger partial charge in [0.15, 0.2) is 0 Å². The van der Waals surface area contributed by atoms with Gasteiger partial charge in [-0.15, -0.1) is 0 Å². The molecule has 1 N–H and O–H groups in total. The summed E-state index contributed by atoms with van der Waals surface area (Å²) in [6.45, 7) is 6.46. The van der Waals surface area contributed by atoms with Crippen LogP contribution >= 0.6 is 0 Å². The van der Waals surface area contributed by atoms with Gasteiger partial charge in [0.1, 0.15) is 11.6 Å². The molecule has 2 aromatic heterocycles. The second-order valence-corrected chi connectivity index (χ2v) is 7.42. The van der Waals surface area contributed by atoms with E-state index in [1.807, 2.05) is 26.0 Å². The molecule has 1 atom stereocenters. The van der Waals surface area contributed by atoms with Crippen molar-refractivity contribution in [3.63, 3.8) is 0 Å². The predicted octanol–water partition coefficient (Wildman–Crippen LogP) is 2.19. The van der Waals surface area contributed by atoms with E-state index in [0.717, 1.165) is 55.2 Å². The Morgan fingerprint density at radius 3 is 2.78 bits per heavy atom. The molecular formula is C20H29N5O2. The number of carbonyl (C=O) groups excluding carboxylic acids is 1. The minimum atomic E-state index is -0.0830. The van der Waals surface area contributed by atoms with E-state index in [-0.39, 0.29) is 5.91 Å². The number of aryl methyl sites for hydroxylation is 2. The Bertz CT molecular complexity index is 750. The summed E-state index contributed by atoms with van der Waals surface area (Å²) in [6, 6.07) is 4.36. The van der Waals surface area contributed by atoms with Crippen LogP contribution in [0, 0.1) is 13.8 Å². The van der Waals surface area contributed by atoms with Gasteiger partial charge in [-0.2, -0.15) is 0 Å². The molecule has 1 fully saturated rings. The van der Waals surface area contributed by atoms with Gasteiger partial charge in [-0.1, -0.05) is 5.16 Å². The van der Waals surface area contributed by atoms with Gasteiger partial charge in [0.25, 0.3) is 5.91 Å². The van der Waals surface area contributed by atoms with Crippen molar-refractivity contribution in [2.75, 3.05) is 38.6 Å². The fourth-order valence-corrected chi connectivity index (χ4v) is 3.51. The SMILES string of the molecule is Cc1noc(C)c1CCCNC(=O)c1ccc(N2CC[C@H](N(C)C)C2)nc1. The first-order valence-corrected chi connectivity index (χ1v) is 9.53. The maximum absolute atomic E-state index is 12.3. The number of likely N-dealkylation sites (N-methyl/N-ethyl adjacent to an activating group) is 1. The van der Waals surface area contributed by atoms with Crippen molar-refractivity contribution in [3.8, 4) is 0 Å². The molecule has 0 aromatic carbocycles. The average molecular weight is 371 g/mol. The van der Waals surface area contributed by atoms with E-state index in [9.17, 15) is 4.79 Å². The molecule has 7 heteroatoms. The Labute approximate surface area is 160 Å². The largest absolute Gasteiger partial charge is 0.361 e. The summed E-state index contributed by atoms with van der Waals surface area (Å²) < 4.78 is 5.16. The molecule has 1 amide bonds. The summed E-state index contributed by atoms with van der Waals surface area (Å²) >= 11 is 0. The summed E-state index contributed by atoms with van der Waals surface area (Å²) in [6.07, 6.45) is 4.50. The van der Waals surface area contributed by atoms with Crippen molar-refractivity contribution in [2.45, 2.75) is 39.2 Å². The number of aromatic nitrogens is 2. The monoisotopic (exact) mass is 371 g/mol. The highest BCUT2D eigenvalue weighted by molar-refractivity contribution is 5.94. The standard InChI is InChI=1S/C20H29N5O2/c1-14-18(15(2)27-23-14)6-5-10-21-20(26)16-7-8-19(22-12-16)25-11-9-17(13-25)24(3)4/h7-8,12,17H,5-6,9-11,13H2,1-4H3,(H,21,26)/t17-/m0/s1. The van der Waals surface area contributed by atoms with E-state index >= 15 is 0 Å². The highest BCUT2D eigenvalue weighted by atomic mass is 16.5. The number of anilines is 1. The number of nitrogens with zero attached hydrogens (tertiary/aromatic N) is 4. The molecule has 1 aliphatic rings. The third-order valence-corrected chi connectivity index (χ3v) is 5.30. The van der Waals surface area contributed by atoms with Crippen molar-refractivity contribution >= 4 is 11.7 Å². The molecule has 0 unspecified atom stereocenters. The maximum atomic E-state index is 12.3. The molecule has 27 heavy (non-hydrogen) atoms. The van der Waals surface area contributed by atoms with Crippen molar-refractivity contribution in [2.24, 2.45) is 0 Å². The number of pyridine rings is 1. The Hall–Kier alpha value is -2.41. The third-order valence-electron chi connectivity index (χ3n) is 5.30. The topological polar surface area (TPSA) is 74.5 Å². The number of hydrogen-bond donors (Lipinski definition) is 1. The number of nitrogens with one attached hydrogen (secondary N) is 1. The van der Waals surface area contributed by atoms with E-state index in [0.29, 0.717) is 18.2 Å². The minimum absolute atomic E-state index is 0.0830. The summed E-state index contributed by atoms with van der Waals surface area (Å²) in [5, 5.41) is 6.92. The Kier molecular flexibility index (Phi) is 6.11. The molecule has 3 rings (SSSR count). The summed E-state index contributed by atoms with van der Waals surface area (Å²) in [5.41, 5.74) is 2.66. The van der Waals surface area contributed by atoms with Crippen LogP contribution in [0.4, 0.5) is 5.82 Å². The smallest absolute Gasteiger partial charge is 0.252 e. The van der Waals surface area contributed by atoms with E-state index in [4.69, 9.17) is 4.52 Å². The molecule has 0 radical (unpaired) electrons. The Balaban J connectivity index is 1.46. The van der Waals surface area contributed by atoms with Crippen LogP contribution < -0.4 is 10.2 Å². The first-order chi connectivity index (χ1) is 13.0. The molecule has 1 saturated heterocycles. The van der Waals surface area contributed by atoms with Gasteiger partial charge in [0.2, 0.25) is 0 Å².